The van der Waals surface area contributed by atoms with E-state index in [1.54, 1.807) is 25.1 Å². The van der Waals surface area contributed by atoms with E-state index in [0.29, 0.717) is 0 Å². The highest BCUT2D eigenvalue weighted by Crippen LogP contribution is 2.22. The van der Waals surface area contributed by atoms with Gasteiger partial charge in [-0.1, -0.05) is 24.3 Å². The zero-order valence-corrected chi connectivity index (χ0v) is 10.7. The Morgan fingerprint density at radius 3 is 2.26 bits per heavy atom. The summed E-state index contributed by atoms with van der Waals surface area (Å²) in [5.74, 6) is 1.38. The molecule has 19 heavy (non-hydrogen) atoms. The Morgan fingerprint density at radius 2 is 1.63 bits per heavy atom. The molecule has 0 atom stereocenters. The minimum atomic E-state index is -0.140. The summed E-state index contributed by atoms with van der Waals surface area (Å²) in [4.78, 5) is 11.4. The zero-order chi connectivity index (χ0) is 13.5. The molecule has 1 amide bonds. The Morgan fingerprint density at radius 1 is 1.00 bits per heavy atom. The highest BCUT2D eigenvalue weighted by Gasteiger charge is 1.99. The number of carbonyl (C=O) groups is 1. The fourth-order valence-corrected chi connectivity index (χ4v) is 1.57. The lowest BCUT2D eigenvalue weighted by Gasteiger charge is -2.07. The maximum atomic E-state index is 11.4. The molecule has 2 aromatic carbocycles. The third kappa shape index (κ3) is 4.00. The number of anilines is 1. The molecule has 0 aromatic heterocycles. The number of hydrogen-bond donors (Lipinski definition) is 1. The molecule has 0 aliphatic rings. The number of allylic oxidation sites excluding steroid dienone is 1. The van der Waals surface area contributed by atoms with Crippen LogP contribution in [0.5, 0.6) is 11.5 Å². The number of benzene rings is 2. The van der Waals surface area contributed by atoms with Gasteiger partial charge in [-0.05, 0) is 49.4 Å². The molecule has 2 rings (SSSR count). The number of amides is 1. The average molecular weight is 253 g/mol. The fourth-order valence-electron chi connectivity index (χ4n) is 1.57. The smallest absolute Gasteiger partial charge is 0.248 e. The molecule has 0 saturated carbocycles. The topological polar surface area (TPSA) is 38.3 Å². The molecule has 0 unspecified atom stereocenters. The summed E-state index contributed by atoms with van der Waals surface area (Å²) in [5, 5.41) is 2.75. The highest BCUT2D eigenvalue weighted by atomic mass is 16.5. The molecule has 96 valence electrons. The summed E-state index contributed by atoms with van der Waals surface area (Å²) < 4.78 is 5.66. The predicted octanol–water partition coefficient (Wildman–Crippen LogP) is 3.99. The normalized spacial score (nSPS) is 10.4. The fraction of sp³-hybridized carbons (Fsp3) is 0.0625. The number of hydrogen-bond acceptors (Lipinski definition) is 2. The molecule has 0 fully saturated rings. The standard InChI is InChI=1S/C16H15NO2/c1-2-6-16(18)17-13-9-11-15(12-10-13)19-14-7-4-3-5-8-14/h2-12H,1H3,(H,17,18)/b6-2+. The Balaban J connectivity index is 2.00. The lowest BCUT2D eigenvalue weighted by Crippen LogP contribution is -2.07. The Labute approximate surface area is 112 Å². The third-order valence-corrected chi connectivity index (χ3v) is 2.42. The van der Waals surface area contributed by atoms with Crippen LogP contribution in [0.3, 0.4) is 0 Å². The van der Waals surface area contributed by atoms with Gasteiger partial charge >= 0.3 is 0 Å². The third-order valence-electron chi connectivity index (χ3n) is 2.42. The number of nitrogens with one attached hydrogen (secondary N) is 1. The molecule has 0 heterocycles. The molecule has 0 spiro atoms. The summed E-state index contributed by atoms with van der Waals surface area (Å²) in [5.41, 5.74) is 0.739. The van der Waals surface area contributed by atoms with E-state index in [2.05, 4.69) is 5.32 Å². The van der Waals surface area contributed by atoms with Crippen LogP contribution in [-0.4, -0.2) is 5.91 Å². The van der Waals surface area contributed by atoms with Crippen molar-refractivity contribution in [2.75, 3.05) is 5.32 Å². The Kier molecular flexibility index (Phi) is 4.34. The van der Waals surface area contributed by atoms with E-state index in [-0.39, 0.29) is 5.91 Å². The molecule has 0 radical (unpaired) electrons. The van der Waals surface area contributed by atoms with Crippen molar-refractivity contribution in [1.29, 1.82) is 0 Å². The van der Waals surface area contributed by atoms with Gasteiger partial charge in [0, 0.05) is 5.69 Å². The first-order chi connectivity index (χ1) is 9.28. The van der Waals surface area contributed by atoms with Gasteiger partial charge in [0.15, 0.2) is 0 Å². The van der Waals surface area contributed by atoms with E-state index in [1.807, 2.05) is 42.5 Å². The highest BCUT2D eigenvalue weighted by molar-refractivity contribution is 5.99. The minimum Gasteiger partial charge on any atom is -0.457 e. The van der Waals surface area contributed by atoms with Gasteiger partial charge in [0.25, 0.3) is 0 Å². The maximum Gasteiger partial charge on any atom is 0.248 e. The van der Waals surface area contributed by atoms with E-state index in [0.717, 1.165) is 17.2 Å². The van der Waals surface area contributed by atoms with Crippen molar-refractivity contribution in [2.24, 2.45) is 0 Å². The van der Waals surface area contributed by atoms with Crippen LogP contribution >= 0.6 is 0 Å². The van der Waals surface area contributed by atoms with Gasteiger partial charge in [0.1, 0.15) is 11.5 Å². The van der Waals surface area contributed by atoms with Gasteiger partial charge in [-0.15, -0.1) is 0 Å². The Bertz CT molecular complexity index is 559. The second kappa shape index (κ2) is 6.40. The van der Waals surface area contributed by atoms with Crippen LogP contribution in [0.15, 0.2) is 66.7 Å². The number of rotatable bonds is 4. The quantitative estimate of drug-likeness (QED) is 0.836. The molecule has 0 bridgehead atoms. The van der Waals surface area contributed by atoms with Crippen LogP contribution in [0.25, 0.3) is 0 Å². The summed E-state index contributed by atoms with van der Waals surface area (Å²) in [7, 11) is 0. The van der Waals surface area contributed by atoms with Crippen LogP contribution in [-0.2, 0) is 4.79 Å². The van der Waals surface area contributed by atoms with Gasteiger partial charge in [-0.3, -0.25) is 4.79 Å². The molecular formula is C16H15NO2. The number of carbonyl (C=O) groups excluding carboxylic acids is 1. The molecular weight excluding hydrogens is 238 g/mol. The van der Waals surface area contributed by atoms with Gasteiger partial charge in [0.05, 0.1) is 0 Å². The average Bonchev–Trinajstić information content (AvgIpc) is 2.42. The molecule has 2 aromatic rings. The second-order valence-electron chi connectivity index (χ2n) is 3.93. The van der Waals surface area contributed by atoms with Crippen molar-refractivity contribution < 1.29 is 9.53 Å². The van der Waals surface area contributed by atoms with Gasteiger partial charge in [-0.2, -0.15) is 0 Å². The van der Waals surface area contributed by atoms with Crippen molar-refractivity contribution in [3.05, 3.63) is 66.7 Å². The van der Waals surface area contributed by atoms with Crippen LogP contribution in [0.1, 0.15) is 6.92 Å². The first kappa shape index (κ1) is 12.9. The molecule has 0 aliphatic carbocycles. The largest absolute Gasteiger partial charge is 0.457 e. The predicted molar refractivity (Wildman–Crippen MR) is 76.4 cm³/mol. The molecule has 0 saturated heterocycles. The molecule has 3 heteroatoms. The zero-order valence-electron chi connectivity index (χ0n) is 10.7. The lowest BCUT2D eigenvalue weighted by atomic mass is 10.3. The van der Waals surface area contributed by atoms with E-state index in [4.69, 9.17) is 4.74 Å². The second-order valence-corrected chi connectivity index (χ2v) is 3.93. The van der Waals surface area contributed by atoms with Gasteiger partial charge < -0.3 is 10.1 Å². The summed E-state index contributed by atoms with van der Waals surface area (Å²) in [6.45, 7) is 1.80. The van der Waals surface area contributed by atoms with E-state index in [1.165, 1.54) is 6.08 Å². The number of para-hydroxylation sites is 1. The monoisotopic (exact) mass is 253 g/mol. The number of ether oxygens (including phenoxy) is 1. The van der Waals surface area contributed by atoms with E-state index in [9.17, 15) is 4.79 Å². The van der Waals surface area contributed by atoms with E-state index < -0.39 is 0 Å². The van der Waals surface area contributed by atoms with Crippen molar-refractivity contribution in [1.82, 2.24) is 0 Å². The van der Waals surface area contributed by atoms with Crippen LogP contribution in [0.4, 0.5) is 5.69 Å². The lowest BCUT2D eigenvalue weighted by molar-refractivity contribution is -0.111. The molecule has 1 N–H and O–H groups in total. The van der Waals surface area contributed by atoms with Crippen LogP contribution in [0, 0.1) is 0 Å². The first-order valence-electron chi connectivity index (χ1n) is 6.04. The first-order valence-corrected chi connectivity index (χ1v) is 6.04. The van der Waals surface area contributed by atoms with E-state index >= 15 is 0 Å². The summed E-state index contributed by atoms with van der Waals surface area (Å²) in [6.07, 6.45) is 3.18. The minimum absolute atomic E-state index is 0.140. The van der Waals surface area contributed by atoms with Gasteiger partial charge in [-0.25, -0.2) is 0 Å². The van der Waals surface area contributed by atoms with Crippen molar-refractivity contribution in [3.8, 4) is 11.5 Å². The SMILES string of the molecule is C/C=C/C(=O)Nc1ccc(Oc2ccccc2)cc1. The Hall–Kier alpha value is -2.55. The molecule has 0 aliphatic heterocycles. The van der Waals surface area contributed by atoms with Crippen molar-refractivity contribution >= 4 is 11.6 Å². The van der Waals surface area contributed by atoms with Gasteiger partial charge in [0.2, 0.25) is 5.91 Å². The van der Waals surface area contributed by atoms with Crippen molar-refractivity contribution in [3.63, 3.8) is 0 Å². The molecule has 3 nitrogen and oxygen atoms in total. The van der Waals surface area contributed by atoms with Crippen LogP contribution < -0.4 is 10.1 Å². The summed E-state index contributed by atoms with van der Waals surface area (Å²) in [6, 6.07) is 16.8. The van der Waals surface area contributed by atoms with Crippen molar-refractivity contribution in [2.45, 2.75) is 6.92 Å². The summed E-state index contributed by atoms with van der Waals surface area (Å²) >= 11 is 0. The van der Waals surface area contributed by atoms with Crippen LogP contribution in [0.2, 0.25) is 0 Å². The maximum absolute atomic E-state index is 11.4.